The molecule has 1 aromatic carbocycles. The molecular formula is C24H34FIN6O. The monoisotopic (exact) mass is 568 g/mol. The number of nitrogens with one attached hydrogen (secondary N) is 3. The molecule has 2 heterocycles. The normalized spacial score (nSPS) is 16.7. The second kappa shape index (κ2) is 13.3. The van der Waals surface area contributed by atoms with E-state index in [0.29, 0.717) is 30.4 Å². The lowest BCUT2D eigenvalue weighted by Crippen LogP contribution is -2.44. The lowest BCUT2D eigenvalue weighted by atomic mass is 10.1. The molecule has 0 saturated carbocycles. The number of pyridine rings is 1. The molecule has 3 N–H and O–H groups in total. The van der Waals surface area contributed by atoms with Crippen molar-refractivity contribution in [1.29, 1.82) is 0 Å². The Hall–Kier alpha value is -2.43. The quantitative estimate of drug-likeness (QED) is 0.257. The van der Waals surface area contributed by atoms with Crippen molar-refractivity contribution in [2.75, 3.05) is 24.5 Å². The molecule has 0 aliphatic carbocycles. The molecule has 1 amide bonds. The number of carbonyl (C=O) groups is 1. The molecule has 0 radical (unpaired) electrons. The predicted octanol–water partition coefficient (Wildman–Crippen LogP) is 3.70. The van der Waals surface area contributed by atoms with Crippen LogP contribution in [0.25, 0.3) is 0 Å². The van der Waals surface area contributed by atoms with Gasteiger partial charge in [-0.15, -0.1) is 24.0 Å². The minimum atomic E-state index is -0.300. The van der Waals surface area contributed by atoms with Crippen molar-refractivity contribution < 1.29 is 9.18 Å². The highest BCUT2D eigenvalue weighted by molar-refractivity contribution is 14.0. The summed E-state index contributed by atoms with van der Waals surface area (Å²) in [6.45, 7) is 8.62. The second-order valence-corrected chi connectivity index (χ2v) is 8.06. The van der Waals surface area contributed by atoms with Gasteiger partial charge >= 0.3 is 0 Å². The van der Waals surface area contributed by atoms with Crippen molar-refractivity contribution in [2.45, 2.75) is 52.2 Å². The summed E-state index contributed by atoms with van der Waals surface area (Å²) in [5.74, 6) is 0.732. The van der Waals surface area contributed by atoms with E-state index in [1.165, 1.54) is 6.07 Å². The van der Waals surface area contributed by atoms with Gasteiger partial charge in [-0.25, -0.2) is 14.4 Å². The maximum Gasteiger partial charge on any atom is 0.251 e. The molecule has 3 rings (SSSR count). The molecule has 0 bridgehead atoms. The number of halogens is 2. The highest BCUT2D eigenvalue weighted by Gasteiger charge is 2.25. The lowest BCUT2D eigenvalue weighted by Gasteiger charge is -2.20. The molecule has 2 atom stereocenters. The van der Waals surface area contributed by atoms with E-state index in [2.05, 4.69) is 20.9 Å². The van der Waals surface area contributed by atoms with Crippen LogP contribution >= 0.6 is 24.0 Å². The zero-order valence-corrected chi connectivity index (χ0v) is 21.8. The Morgan fingerprint density at radius 3 is 2.85 bits per heavy atom. The summed E-state index contributed by atoms with van der Waals surface area (Å²) in [7, 11) is 0. The zero-order valence-electron chi connectivity index (χ0n) is 19.5. The Kier molecular flexibility index (Phi) is 10.8. The third-order valence-corrected chi connectivity index (χ3v) is 5.51. The number of carbonyl (C=O) groups excluding carboxylic acids is 1. The first-order valence-corrected chi connectivity index (χ1v) is 11.3. The Balaban J connectivity index is 0.00000385. The molecule has 180 valence electrons. The van der Waals surface area contributed by atoms with E-state index in [9.17, 15) is 9.18 Å². The van der Waals surface area contributed by atoms with Crippen LogP contribution in [-0.2, 0) is 6.54 Å². The topological polar surface area (TPSA) is 81.6 Å². The molecule has 1 saturated heterocycles. The lowest BCUT2D eigenvalue weighted by molar-refractivity contribution is 0.0939. The van der Waals surface area contributed by atoms with Crippen LogP contribution in [-0.4, -0.2) is 48.6 Å². The Morgan fingerprint density at radius 2 is 2.12 bits per heavy atom. The van der Waals surface area contributed by atoms with E-state index in [-0.39, 0.29) is 47.8 Å². The first-order chi connectivity index (χ1) is 15.5. The van der Waals surface area contributed by atoms with Gasteiger partial charge in [0.25, 0.3) is 5.91 Å². The van der Waals surface area contributed by atoms with Crippen LogP contribution in [0.3, 0.4) is 0 Å². The molecule has 1 aliphatic heterocycles. The first-order valence-electron chi connectivity index (χ1n) is 11.3. The molecule has 1 fully saturated rings. The highest BCUT2D eigenvalue weighted by Crippen LogP contribution is 2.20. The Bertz CT molecular complexity index is 941. The fourth-order valence-electron chi connectivity index (χ4n) is 3.58. The second-order valence-electron chi connectivity index (χ2n) is 8.06. The molecule has 2 aromatic rings. The average molecular weight is 568 g/mol. The number of rotatable bonds is 8. The van der Waals surface area contributed by atoms with Gasteiger partial charge in [0.05, 0.1) is 6.54 Å². The number of amides is 1. The van der Waals surface area contributed by atoms with Crippen LogP contribution in [0.15, 0.2) is 47.6 Å². The van der Waals surface area contributed by atoms with Crippen molar-refractivity contribution in [3.63, 3.8) is 0 Å². The number of guanidine groups is 1. The van der Waals surface area contributed by atoms with E-state index in [4.69, 9.17) is 4.99 Å². The van der Waals surface area contributed by atoms with E-state index in [1.807, 2.05) is 49.9 Å². The molecule has 33 heavy (non-hydrogen) atoms. The predicted molar refractivity (Wildman–Crippen MR) is 142 cm³/mol. The van der Waals surface area contributed by atoms with Crippen molar-refractivity contribution in [3.8, 4) is 0 Å². The summed E-state index contributed by atoms with van der Waals surface area (Å²) in [6, 6.07) is 10.9. The molecule has 2 unspecified atom stereocenters. The van der Waals surface area contributed by atoms with Gasteiger partial charge in [0.1, 0.15) is 0 Å². The fraction of sp³-hybridized carbons (Fsp3) is 0.458. The van der Waals surface area contributed by atoms with Gasteiger partial charge in [0.15, 0.2) is 17.6 Å². The number of anilines is 1. The van der Waals surface area contributed by atoms with Crippen LogP contribution in [0, 0.1) is 5.82 Å². The van der Waals surface area contributed by atoms with Crippen LogP contribution in [0.2, 0.25) is 0 Å². The van der Waals surface area contributed by atoms with E-state index >= 15 is 0 Å². The maximum absolute atomic E-state index is 14.1. The SMILES string of the molecule is CCNC(=NCc1cccc(C(=O)NC(C)CC)c1)NC1CCN(c2ncccc2F)C1.I. The summed E-state index contributed by atoms with van der Waals surface area (Å²) in [5.41, 5.74) is 1.60. The Morgan fingerprint density at radius 1 is 1.30 bits per heavy atom. The molecule has 1 aromatic heterocycles. The number of hydrogen-bond donors (Lipinski definition) is 3. The highest BCUT2D eigenvalue weighted by atomic mass is 127. The van der Waals surface area contributed by atoms with Crippen LogP contribution in [0.4, 0.5) is 10.2 Å². The minimum absolute atomic E-state index is 0. The van der Waals surface area contributed by atoms with Crippen LogP contribution in [0.1, 0.15) is 49.5 Å². The van der Waals surface area contributed by atoms with Gasteiger partial charge in [-0.3, -0.25) is 4.79 Å². The maximum atomic E-state index is 14.1. The van der Waals surface area contributed by atoms with E-state index in [1.54, 1.807) is 12.3 Å². The molecule has 7 nitrogen and oxygen atoms in total. The number of aromatic nitrogens is 1. The number of aliphatic imine (C=N–C) groups is 1. The van der Waals surface area contributed by atoms with Crippen molar-refractivity contribution in [3.05, 3.63) is 59.5 Å². The van der Waals surface area contributed by atoms with Crippen LogP contribution in [0.5, 0.6) is 0 Å². The summed E-state index contributed by atoms with van der Waals surface area (Å²) in [4.78, 5) is 23.2. The van der Waals surface area contributed by atoms with Gasteiger partial charge in [-0.2, -0.15) is 0 Å². The Labute approximate surface area is 212 Å². The van der Waals surface area contributed by atoms with Gasteiger partial charge in [-0.1, -0.05) is 19.1 Å². The third kappa shape index (κ3) is 7.83. The third-order valence-electron chi connectivity index (χ3n) is 5.51. The fourth-order valence-corrected chi connectivity index (χ4v) is 3.58. The largest absolute Gasteiger partial charge is 0.357 e. The molecular weight excluding hydrogens is 534 g/mol. The van der Waals surface area contributed by atoms with E-state index < -0.39 is 0 Å². The van der Waals surface area contributed by atoms with Crippen molar-refractivity contribution in [1.82, 2.24) is 20.9 Å². The zero-order chi connectivity index (χ0) is 22.9. The number of hydrogen-bond acceptors (Lipinski definition) is 4. The standard InChI is InChI=1S/C24H33FN6O.HI/c1-4-17(3)29-23(32)19-9-6-8-18(14-19)15-28-24(26-5-2)30-20-11-13-31(16-20)22-21(25)10-7-12-27-22;/h6-10,12,14,17,20H,4-5,11,13,15-16H2,1-3H3,(H,29,32)(H2,26,28,30);1H. The minimum Gasteiger partial charge on any atom is -0.357 e. The first kappa shape index (κ1) is 26.8. The summed E-state index contributed by atoms with van der Waals surface area (Å²) < 4.78 is 14.1. The van der Waals surface area contributed by atoms with E-state index in [0.717, 1.165) is 31.5 Å². The molecule has 1 aliphatic rings. The average Bonchev–Trinajstić information content (AvgIpc) is 3.26. The van der Waals surface area contributed by atoms with Gasteiger partial charge in [-0.05, 0) is 56.5 Å². The number of benzene rings is 1. The van der Waals surface area contributed by atoms with Crippen molar-refractivity contribution in [2.24, 2.45) is 4.99 Å². The van der Waals surface area contributed by atoms with Gasteiger partial charge in [0.2, 0.25) is 0 Å². The molecule has 0 spiro atoms. The summed E-state index contributed by atoms with van der Waals surface area (Å²) >= 11 is 0. The smallest absolute Gasteiger partial charge is 0.251 e. The van der Waals surface area contributed by atoms with Gasteiger partial charge < -0.3 is 20.9 Å². The summed E-state index contributed by atoms with van der Waals surface area (Å²) in [6.07, 6.45) is 3.37. The van der Waals surface area contributed by atoms with Crippen LogP contribution < -0.4 is 20.9 Å². The summed E-state index contributed by atoms with van der Waals surface area (Å²) in [5, 5.41) is 9.71. The van der Waals surface area contributed by atoms with Gasteiger partial charge in [0, 0.05) is 43.5 Å². The van der Waals surface area contributed by atoms with Crippen molar-refractivity contribution >= 4 is 41.7 Å². The molecule has 9 heteroatoms. The number of nitrogens with zero attached hydrogens (tertiary/aromatic N) is 3.